The first-order chi connectivity index (χ1) is 9.17. The van der Waals surface area contributed by atoms with Crippen LogP contribution < -0.4 is 5.32 Å². The van der Waals surface area contributed by atoms with Crippen LogP contribution in [-0.2, 0) is 11.3 Å². The van der Waals surface area contributed by atoms with Crippen LogP contribution in [0, 0.1) is 11.8 Å². The van der Waals surface area contributed by atoms with E-state index in [1.54, 1.807) is 0 Å². The number of hydrogen-bond donors (Lipinski definition) is 1. The average molecular weight is 262 g/mol. The molecule has 3 heteroatoms. The topological polar surface area (TPSA) is 34.1 Å². The number of aromatic nitrogens is 1. The van der Waals surface area contributed by atoms with Gasteiger partial charge in [-0.05, 0) is 50.2 Å². The third kappa shape index (κ3) is 4.50. The van der Waals surface area contributed by atoms with Crippen molar-refractivity contribution in [2.75, 3.05) is 11.9 Å². The van der Waals surface area contributed by atoms with E-state index >= 15 is 0 Å². The average Bonchev–Trinajstić information content (AvgIpc) is 2.36. The number of nitrogens with zero attached hydrogens (tertiary/aromatic N) is 1. The highest BCUT2D eigenvalue weighted by molar-refractivity contribution is 5.34. The second-order valence-corrected chi connectivity index (χ2v) is 5.89. The number of nitrogens with one attached hydrogen (secondary N) is 1. The molecule has 1 saturated carbocycles. The Kier molecular flexibility index (Phi) is 5.20. The van der Waals surface area contributed by atoms with Gasteiger partial charge in [0.25, 0.3) is 0 Å². The first kappa shape index (κ1) is 14.3. The zero-order chi connectivity index (χ0) is 13.7. The molecule has 1 N–H and O–H groups in total. The van der Waals surface area contributed by atoms with E-state index in [9.17, 15) is 0 Å². The second kappa shape index (κ2) is 6.90. The molecule has 0 amide bonds. The molecule has 0 aliphatic heterocycles. The van der Waals surface area contributed by atoms with E-state index in [2.05, 4.69) is 31.1 Å². The van der Waals surface area contributed by atoms with Crippen LogP contribution in [0.1, 0.15) is 45.7 Å². The fourth-order valence-corrected chi connectivity index (χ4v) is 3.05. The molecule has 0 bridgehead atoms. The summed E-state index contributed by atoms with van der Waals surface area (Å²) in [6, 6.07) is 6.07. The maximum Gasteiger partial charge on any atom is 0.126 e. The number of pyridine rings is 1. The van der Waals surface area contributed by atoms with Gasteiger partial charge in [0.2, 0.25) is 0 Å². The molecule has 1 aliphatic carbocycles. The summed E-state index contributed by atoms with van der Waals surface area (Å²) in [7, 11) is 0. The maximum atomic E-state index is 6.05. The van der Waals surface area contributed by atoms with Crippen molar-refractivity contribution in [2.24, 2.45) is 11.8 Å². The molecular weight excluding hydrogens is 236 g/mol. The molecule has 0 radical (unpaired) electrons. The molecule has 1 fully saturated rings. The molecule has 2 rings (SSSR count). The third-order valence-electron chi connectivity index (χ3n) is 3.77. The molecule has 1 heterocycles. The van der Waals surface area contributed by atoms with Gasteiger partial charge in [0, 0.05) is 6.54 Å². The summed E-state index contributed by atoms with van der Waals surface area (Å²) in [6.45, 7) is 8.26. The minimum Gasteiger partial charge on any atom is -0.372 e. The Hall–Kier alpha value is -1.09. The molecule has 0 saturated heterocycles. The van der Waals surface area contributed by atoms with Gasteiger partial charge in [-0.2, -0.15) is 0 Å². The van der Waals surface area contributed by atoms with Crippen LogP contribution in [0.15, 0.2) is 18.2 Å². The first-order valence-electron chi connectivity index (χ1n) is 7.48. The van der Waals surface area contributed by atoms with E-state index in [0.717, 1.165) is 29.9 Å². The van der Waals surface area contributed by atoms with E-state index < -0.39 is 0 Å². The van der Waals surface area contributed by atoms with E-state index in [1.807, 2.05) is 18.2 Å². The lowest BCUT2D eigenvalue weighted by Crippen LogP contribution is -2.26. The van der Waals surface area contributed by atoms with Gasteiger partial charge in [-0.1, -0.05) is 19.9 Å². The summed E-state index contributed by atoms with van der Waals surface area (Å²) in [4.78, 5) is 4.55. The Morgan fingerprint density at radius 2 is 1.95 bits per heavy atom. The summed E-state index contributed by atoms with van der Waals surface area (Å²) in [5.74, 6) is 2.51. The largest absolute Gasteiger partial charge is 0.372 e. The Morgan fingerprint density at radius 3 is 2.63 bits per heavy atom. The van der Waals surface area contributed by atoms with Gasteiger partial charge >= 0.3 is 0 Å². The minimum atomic E-state index is 0.406. The SMILES string of the molecule is CCNc1cccc(COC2CC(C)CC(C)C2)n1. The summed E-state index contributed by atoms with van der Waals surface area (Å²) < 4.78 is 6.05. The number of anilines is 1. The molecule has 0 aromatic carbocycles. The van der Waals surface area contributed by atoms with Crippen LogP contribution in [0.25, 0.3) is 0 Å². The minimum absolute atomic E-state index is 0.406. The smallest absolute Gasteiger partial charge is 0.126 e. The van der Waals surface area contributed by atoms with Gasteiger partial charge in [-0.15, -0.1) is 0 Å². The van der Waals surface area contributed by atoms with E-state index in [0.29, 0.717) is 12.7 Å². The van der Waals surface area contributed by atoms with Gasteiger partial charge in [0.15, 0.2) is 0 Å². The molecule has 1 aromatic rings. The number of rotatable bonds is 5. The van der Waals surface area contributed by atoms with Crippen molar-refractivity contribution in [2.45, 2.75) is 52.7 Å². The highest BCUT2D eigenvalue weighted by atomic mass is 16.5. The molecular formula is C16H26N2O. The lowest BCUT2D eigenvalue weighted by molar-refractivity contribution is -0.0104. The van der Waals surface area contributed by atoms with Gasteiger partial charge in [-0.25, -0.2) is 4.98 Å². The van der Waals surface area contributed by atoms with Crippen molar-refractivity contribution in [1.29, 1.82) is 0 Å². The Balaban J connectivity index is 1.86. The quantitative estimate of drug-likeness (QED) is 0.875. The van der Waals surface area contributed by atoms with Gasteiger partial charge in [0.05, 0.1) is 18.4 Å². The van der Waals surface area contributed by atoms with Gasteiger partial charge < -0.3 is 10.1 Å². The van der Waals surface area contributed by atoms with Crippen molar-refractivity contribution in [1.82, 2.24) is 4.98 Å². The van der Waals surface area contributed by atoms with Crippen LogP contribution in [0.4, 0.5) is 5.82 Å². The Bertz CT molecular complexity index is 384. The molecule has 1 aliphatic rings. The number of hydrogen-bond acceptors (Lipinski definition) is 3. The highest BCUT2D eigenvalue weighted by Crippen LogP contribution is 2.30. The zero-order valence-electron chi connectivity index (χ0n) is 12.4. The predicted octanol–water partition coefficient (Wildman–Crippen LogP) is 3.85. The van der Waals surface area contributed by atoms with Crippen LogP contribution in [0.5, 0.6) is 0 Å². The molecule has 2 atom stereocenters. The van der Waals surface area contributed by atoms with E-state index in [-0.39, 0.29) is 0 Å². The molecule has 19 heavy (non-hydrogen) atoms. The lowest BCUT2D eigenvalue weighted by Gasteiger charge is -2.31. The van der Waals surface area contributed by atoms with Crippen molar-refractivity contribution in [3.8, 4) is 0 Å². The van der Waals surface area contributed by atoms with Crippen LogP contribution >= 0.6 is 0 Å². The summed E-state index contributed by atoms with van der Waals surface area (Å²) in [5, 5.41) is 3.23. The standard InChI is InChI=1S/C16H26N2O/c1-4-17-16-7-5-6-14(18-16)11-19-15-9-12(2)8-13(3)10-15/h5-7,12-13,15H,4,8-11H2,1-3H3,(H,17,18). The van der Waals surface area contributed by atoms with Crippen LogP contribution in [-0.4, -0.2) is 17.6 Å². The summed E-state index contributed by atoms with van der Waals surface area (Å²) in [5.41, 5.74) is 1.02. The molecule has 0 spiro atoms. The summed E-state index contributed by atoms with van der Waals surface area (Å²) in [6.07, 6.45) is 4.13. The Labute approximate surface area is 116 Å². The van der Waals surface area contributed by atoms with Gasteiger partial charge in [0.1, 0.15) is 5.82 Å². The molecule has 1 aromatic heterocycles. The predicted molar refractivity (Wildman–Crippen MR) is 79.2 cm³/mol. The monoisotopic (exact) mass is 262 g/mol. The van der Waals surface area contributed by atoms with Crippen LogP contribution in [0.3, 0.4) is 0 Å². The van der Waals surface area contributed by atoms with Crippen molar-refractivity contribution >= 4 is 5.82 Å². The second-order valence-electron chi connectivity index (χ2n) is 5.89. The third-order valence-corrected chi connectivity index (χ3v) is 3.77. The molecule has 3 nitrogen and oxygen atoms in total. The van der Waals surface area contributed by atoms with Gasteiger partial charge in [-0.3, -0.25) is 0 Å². The fourth-order valence-electron chi connectivity index (χ4n) is 3.05. The zero-order valence-corrected chi connectivity index (χ0v) is 12.4. The van der Waals surface area contributed by atoms with E-state index in [1.165, 1.54) is 19.3 Å². The van der Waals surface area contributed by atoms with Crippen molar-refractivity contribution in [3.05, 3.63) is 23.9 Å². The molecule has 106 valence electrons. The molecule has 2 unspecified atom stereocenters. The van der Waals surface area contributed by atoms with Crippen LogP contribution in [0.2, 0.25) is 0 Å². The lowest BCUT2D eigenvalue weighted by atomic mass is 9.82. The maximum absolute atomic E-state index is 6.05. The van der Waals surface area contributed by atoms with Crippen molar-refractivity contribution in [3.63, 3.8) is 0 Å². The highest BCUT2D eigenvalue weighted by Gasteiger charge is 2.24. The number of ether oxygens (including phenoxy) is 1. The Morgan fingerprint density at radius 1 is 1.21 bits per heavy atom. The normalized spacial score (nSPS) is 27.2. The fraction of sp³-hybridized carbons (Fsp3) is 0.688. The van der Waals surface area contributed by atoms with Crippen molar-refractivity contribution < 1.29 is 4.74 Å². The summed E-state index contributed by atoms with van der Waals surface area (Å²) >= 11 is 0. The first-order valence-corrected chi connectivity index (χ1v) is 7.48. The van der Waals surface area contributed by atoms with E-state index in [4.69, 9.17) is 4.74 Å².